The molecule has 1 aromatic carbocycles. The summed E-state index contributed by atoms with van der Waals surface area (Å²) in [4.78, 5) is 12.2. The van der Waals surface area contributed by atoms with Crippen molar-refractivity contribution in [2.75, 3.05) is 6.61 Å². The van der Waals surface area contributed by atoms with Crippen LogP contribution < -0.4 is 0 Å². The average Bonchev–Trinajstić information content (AvgIpc) is 2.38. The molecule has 0 radical (unpaired) electrons. The molecule has 0 saturated carbocycles. The van der Waals surface area contributed by atoms with E-state index in [1.807, 2.05) is 0 Å². The van der Waals surface area contributed by atoms with Crippen molar-refractivity contribution in [2.45, 2.75) is 13.7 Å². The Kier molecular flexibility index (Phi) is 2.01. The van der Waals surface area contributed by atoms with Gasteiger partial charge in [0.2, 0.25) is 0 Å². The Hall–Kier alpha value is -1.81. The summed E-state index contributed by atoms with van der Waals surface area (Å²) in [5.74, 6) is -2.13. The van der Waals surface area contributed by atoms with Gasteiger partial charge in [0.25, 0.3) is 0 Å². The predicted octanol–water partition coefficient (Wildman–Crippen LogP) is 1.70. The van der Waals surface area contributed by atoms with Gasteiger partial charge in [-0.3, -0.25) is 4.79 Å². The summed E-state index contributed by atoms with van der Waals surface area (Å²) in [7, 11) is 0. The minimum atomic E-state index is -3.24. The summed E-state index contributed by atoms with van der Waals surface area (Å²) in [6, 6.07) is 3.57. The zero-order chi connectivity index (χ0) is 18.1. The minimum Gasteiger partial charge on any atom is -0.504 e. The van der Waals surface area contributed by atoms with Gasteiger partial charge in [0.05, 0.1) is 12.0 Å². The Labute approximate surface area is 108 Å². The first-order valence-electron chi connectivity index (χ1n) is 7.72. The highest BCUT2D eigenvalue weighted by Gasteiger charge is 2.23. The van der Waals surface area contributed by atoms with E-state index < -0.39 is 37.3 Å². The van der Waals surface area contributed by atoms with Crippen LogP contribution in [0.3, 0.4) is 0 Å². The molecule has 0 atom stereocenters. The standard InChI is InChI=1S/C13H16O4/c1-13(2,8-14)12(17)6-4-9-3-5-10(15)11(16)7-9/h3-7,14-16H,8H2,1-2H3/b6-4+/i1D3,2D3. The number of benzene rings is 1. The van der Waals surface area contributed by atoms with Crippen molar-refractivity contribution in [2.24, 2.45) is 5.41 Å². The van der Waals surface area contributed by atoms with E-state index in [0.29, 0.717) is 0 Å². The number of rotatable bonds is 4. The number of carbonyl (C=O) groups is 1. The molecule has 0 aliphatic rings. The molecule has 0 bridgehead atoms. The average molecular weight is 242 g/mol. The Morgan fingerprint density at radius 1 is 1.41 bits per heavy atom. The van der Waals surface area contributed by atoms with Crippen LogP contribution in [0.4, 0.5) is 0 Å². The van der Waals surface area contributed by atoms with Crippen LogP contribution in [0.5, 0.6) is 11.5 Å². The lowest BCUT2D eigenvalue weighted by Gasteiger charge is -2.16. The first kappa shape index (κ1) is 6.81. The topological polar surface area (TPSA) is 77.8 Å². The van der Waals surface area contributed by atoms with E-state index in [-0.39, 0.29) is 11.3 Å². The molecule has 1 aromatic rings. The molecule has 0 spiro atoms. The van der Waals surface area contributed by atoms with Crippen molar-refractivity contribution in [3.05, 3.63) is 29.8 Å². The van der Waals surface area contributed by atoms with E-state index in [1.54, 1.807) is 0 Å². The third kappa shape index (κ3) is 3.32. The highest BCUT2D eigenvalue weighted by Crippen LogP contribution is 2.25. The van der Waals surface area contributed by atoms with Gasteiger partial charge in [0, 0.05) is 8.22 Å². The Morgan fingerprint density at radius 3 is 2.65 bits per heavy atom. The molecule has 0 aliphatic carbocycles. The lowest BCUT2D eigenvalue weighted by Crippen LogP contribution is -2.26. The number of aromatic hydroxyl groups is 2. The van der Waals surface area contributed by atoms with Crippen molar-refractivity contribution in [3.63, 3.8) is 0 Å². The number of hydrogen-bond acceptors (Lipinski definition) is 4. The van der Waals surface area contributed by atoms with Gasteiger partial charge in [-0.1, -0.05) is 25.8 Å². The summed E-state index contributed by atoms with van der Waals surface area (Å²) >= 11 is 0. The lowest BCUT2D eigenvalue weighted by atomic mass is 9.89. The van der Waals surface area contributed by atoms with Crippen molar-refractivity contribution < 1.29 is 28.3 Å². The molecule has 3 N–H and O–H groups in total. The third-order valence-electron chi connectivity index (χ3n) is 2.08. The molecule has 0 unspecified atom stereocenters. The van der Waals surface area contributed by atoms with Crippen LogP contribution in [-0.2, 0) is 4.79 Å². The zero-order valence-electron chi connectivity index (χ0n) is 14.8. The number of allylic oxidation sites excluding steroid dienone is 1. The van der Waals surface area contributed by atoms with E-state index in [9.17, 15) is 20.1 Å². The largest absolute Gasteiger partial charge is 0.504 e. The molecule has 0 aliphatic heterocycles. The highest BCUT2D eigenvalue weighted by atomic mass is 16.3. The Morgan fingerprint density at radius 2 is 2.12 bits per heavy atom. The second-order valence-corrected chi connectivity index (χ2v) is 3.51. The molecule has 92 valence electrons. The minimum absolute atomic E-state index is 0.233. The predicted molar refractivity (Wildman–Crippen MR) is 64.7 cm³/mol. The van der Waals surface area contributed by atoms with E-state index in [1.165, 1.54) is 6.07 Å². The quantitative estimate of drug-likeness (QED) is 0.554. The van der Waals surface area contributed by atoms with Crippen LogP contribution in [0.25, 0.3) is 6.08 Å². The van der Waals surface area contributed by atoms with Gasteiger partial charge in [-0.05, 0) is 23.8 Å². The maximum atomic E-state index is 12.2. The van der Waals surface area contributed by atoms with Gasteiger partial charge in [0.1, 0.15) is 0 Å². The molecule has 0 saturated heterocycles. The second kappa shape index (κ2) is 5.01. The van der Waals surface area contributed by atoms with E-state index in [2.05, 4.69) is 0 Å². The van der Waals surface area contributed by atoms with Crippen molar-refractivity contribution in [3.8, 4) is 11.5 Å². The fourth-order valence-electron chi connectivity index (χ4n) is 1.04. The fourth-order valence-corrected chi connectivity index (χ4v) is 1.04. The number of hydrogen-bond donors (Lipinski definition) is 3. The summed E-state index contributed by atoms with van der Waals surface area (Å²) < 4.78 is 44.1. The zero-order valence-corrected chi connectivity index (χ0v) is 8.84. The molecule has 1 rings (SSSR count). The van der Waals surface area contributed by atoms with Crippen LogP contribution in [0.15, 0.2) is 24.3 Å². The van der Waals surface area contributed by atoms with Gasteiger partial charge in [-0.2, -0.15) is 0 Å². The number of phenols is 2. The first-order chi connectivity index (χ1) is 10.4. The molecular formula is C13H16O4. The number of aliphatic hydroxyl groups excluding tert-OH is 1. The fraction of sp³-hybridized carbons (Fsp3) is 0.308. The normalized spacial score (nSPS) is 18.6. The monoisotopic (exact) mass is 242 g/mol. The summed E-state index contributed by atoms with van der Waals surface area (Å²) in [6.45, 7) is -7.86. The molecule has 4 heteroatoms. The molecule has 0 amide bonds. The van der Waals surface area contributed by atoms with Crippen molar-refractivity contribution >= 4 is 11.9 Å². The number of ketones is 1. The van der Waals surface area contributed by atoms with Crippen molar-refractivity contribution in [1.82, 2.24) is 0 Å². The number of aliphatic hydroxyl groups is 1. The summed E-state index contributed by atoms with van der Waals surface area (Å²) in [6.07, 6.45) is 1.81. The van der Waals surface area contributed by atoms with Gasteiger partial charge < -0.3 is 15.3 Å². The van der Waals surface area contributed by atoms with Crippen LogP contribution in [0.1, 0.15) is 27.5 Å². The van der Waals surface area contributed by atoms with Crippen LogP contribution in [0.2, 0.25) is 0 Å². The van der Waals surface area contributed by atoms with Gasteiger partial charge >= 0.3 is 0 Å². The smallest absolute Gasteiger partial charge is 0.163 e. The first-order valence-corrected chi connectivity index (χ1v) is 4.72. The summed E-state index contributed by atoms with van der Waals surface area (Å²) in [5, 5.41) is 27.9. The van der Waals surface area contributed by atoms with Crippen LogP contribution in [-0.4, -0.2) is 27.7 Å². The third-order valence-corrected chi connectivity index (χ3v) is 2.08. The Balaban J connectivity index is 3.26. The number of carbonyl (C=O) groups excluding carboxylic acids is 1. The lowest BCUT2D eigenvalue weighted by molar-refractivity contribution is -0.123. The van der Waals surface area contributed by atoms with Crippen LogP contribution in [0, 0.1) is 5.41 Å². The number of phenolic OH excluding ortho intramolecular Hbond substituents is 2. The van der Waals surface area contributed by atoms with Crippen molar-refractivity contribution in [1.29, 1.82) is 0 Å². The highest BCUT2D eigenvalue weighted by molar-refractivity contribution is 5.97. The maximum Gasteiger partial charge on any atom is 0.163 e. The SMILES string of the molecule is [2H]C([2H])([2H])C(CO)(C(=O)/C=C/c1ccc(O)c(O)c1)C([2H])([2H])[2H]. The molecule has 17 heavy (non-hydrogen) atoms. The molecule has 0 heterocycles. The van der Waals surface area contributed by atoms with E-state index >= 15 is 0 Å². The van der Waals surface area contributed by atoms with Gasteiger partial charge in [0.15, 0.2) is 17.3 Å². The van der Waals surface area contributed by atoms with Gasteiger partial charge in [-0.25, -0.2) is 0 Å². The van der Waals surface area contributed by atoms with E-state index in [4.69, 9.17) is 8.22 Å². The van der Waals surface area contributed by atoms with E-state index in [0.717, 1.165) is 24.3 Å². The molecular weight excluding hydrogens is 220 g/mol. The van der Waals surface area contributed by atoms with Crippen LogP contribution >= 0.6 is 0 Å². The Bertz CT molecular complexity index is 604. The maximum absolute atomic E-state index is 12.2. The molecule has 4 nitrogen and oxygen atoms in total. The van der Waals surface area contributed by atoms with Gasteiger partial charge in [-0.15, -0.1) is 0 Å². The molecule has 0 aromatic heterocycles. The summed E-state index contributed by atoms with van der Waals surface area (Å²) in [5.41, 5.74) is -2.70. The second-order valence-electron chi connectivity index (χ2n) is 3.51. The molecule has 0 fully saturated rings.